The van der Waals surface area contributed by atoms with Crippen molar-refractivity contribution in [3.05, 3.63) is 108 Å². The second kappa shape index (κ2) is 8.86. The number of imidazole rings is 1. The first-order chi connectivity index (χ1) is 16.5. The Labute approximate surface area is 195 Å². The SMILES string of the molecule is Cc1cccc(C)c1Nc1nccc(-c2c(-c3ccc(F)cc3)ncn2-c2ccc(F)cc2)n1. The molecule has 0 aliphatic carbocycles. The van der Waals surface area contributed by atoms with Gasteiger partial charge in [-0.05, 0) is 79.6 Å². The molecule has 0 spiro atoms. The summed E-state index contributed by atoms with van der Waals surface area (Å²) in [6.07, 6.45) is 3.33. The van der Waals surface area contributed by atoms with Gasteiger partial charge in [0.15, 0.2) is 0 Å². The van der Waals surface area contributed by atoms with E-state index in [1.54, 1.807) is 42.9 Å². The lowest BCUT2D eigenvalue weighted by Crippen LogP contribution is -2.03. The van der Waals surface area contributed by atoms with Gasteiger partial charge >= 0.3 is 0 Å². The van der Waals surface area contributed by atoms with E-state index in [0.29, 0.717) is 23.0 Å². The molecule has 0 saturated heterocycles. The summed E-state index contributed by atoms with van der Waals surface area (Å²) in [5, 5.41) is 3.33. The lowest BCUT2D eigenvalue weighted by molar-refractivity contribution is 0.627. The Morgan fingerprint density at radius 3 is 2.09 bits per heavy atom. The van der Waals surface area contributed by atoms with Crippen molar-refractivity contribution in [3.63, 3.8) is 0 Å². The average Bonchev–Trinajstić information content (AvgIpc) is 3.28. The fourth-order valence-electron chi connectivity index (χ4n) is 3.88. The van der Waals surface area contributed by atoms with Crippen molar-refractivity contribution in [1.82, 2.24) is 19.5 Å². The summed E-state index contributed by atoms with van der Waals surface area (Å²) in [6, 6.07) is 20.1. The molecule has 3 aromatic carbocycles. The normalized spacial score (nSPS) is 10.9. The van der Waals surface area contributed by atoms with Crippen LogP contribution in [0.15, 0.2) is 85.3 Å². The summed E-state index contributed by atoms with van der Waals surface area (Å²) < 4.78 is 29.0. The van der Waals surface area contributed by atoms with Gasteiger partial charge in [0.25, 0.3) is 0 Å². The number of aryl methyl sites for hydroxylation is 2. The van der Waals surface area contributed by atoms with Crippen molar-refractivity contribution in [2.45, 2.75) is 13.8 Å². The molecule has 168 valence electrons. The minimum Gasteiger partial charge on any atom is -0.324 e. The summed E-state index contributed by atoms with van der Waals surface area (Å²) in [6.45, 7) is 4.05. The van der Waals surface area contributed by atoms with E-state index in [-0.39, 0.29) is 11.6 Å². The number of hydrogen-bond acceptors (Lipinski definition) is 4. The van der Waals surface area contributed by atoms with Gasteiger partial charge in [-0.25, -0.2) is 23.7 Å². The molecular formula is C27H21F2N5. The Bertz CT molecular complexity index is 1370. The van der Waals surface area contributed by atoms with Crippen molar-refractivity contribution in [2.75, 3.05) is 5.32 Å². The summed E-state index contributed by atoms with van der Waals surface area (Å²) in [5.41, 5.74) is 6.50. The van der Waals surface area contributed by atoms with E-state index in [1.807, 2.05) is 36.6 Å². The standard InChI is InChI=1S/C27H21F2N5/c1-17-4-3-5-18(2)24(17)33-27-30-15-14-23(32-27)26-25(19-6-8-20(28)9-7-19)31-16-34(26)22-12-10-21(29)11-13-22/h3-16H,1-2H3,(H,30,32,33). The fraction of sp³-hybridized carbons (Fsp3) is 0.0741. The van der Waals surface area contributed by atoms with E-state index < -0.39 is 0 Å². The molecule has 0 aliphatic heterocycles. The highest BCUT2D eigenvalue weighted by Gasteiger charge is 2.18. The van der Waals surface area contributed by atoms with E-state index in [0.717, 1.165) is 28.1 Å². The molecule has 0 amide bonds. The Hall–Kier alpha value is -4.39. The van der Waals surface area contributed by atoms with Crippen molar-refractivity contribution < 1.29 is 8.78 Å². The maximum Gasteiger partial charge on any atom is 0.227 e. The van der Waals surface area contributed by atoms with E-state index in [4.69, 9.17) is 4.98 Å². The van der Waals surface area contributed by atoms with Crippen molar-refractivity contribution >= 4 is 11.6 Å². The topological polar surface area (TPSA) is 55.6 Å². The van der Waals surface area contributed by atoms with Gasteiger partial charge in [0, 0.05) is 23.1 Å². The molecule has 2 heterocycles. The highest BCUT2D eigenvalue weighted by Crippen LogP contribution is 2.33. The number of halogens is 2. The molecule has 1 N–H and O–H groups in total. The number of nitrogens with zero attached hydrogens (tertiary/aromatic N) is 4. The minimum absolute atomic E-state index is 0.328. The zero-order valence-corrected chi connectivity index (χ0v) is 18.6. The Kier molecular flexibility index (Phi) is 5.59. The van der Waals surface area contributed by atoms with Gasteiger partial charge < -0.3 is 5.32 Å². The van der Waals surface area contributed by atoms with Gasteiger partial charge in [-0.1, -0.05) is 18.2 Å². The van der Waals surface area contributed by atoms with Gasteiger partial charge in [-0.3, -0.25) is 4.57 Å². The second-order valence-electron chi connectivity index (χ2n) is 7.95. The van der Waals surface area contributed by atoms with Crippen LogP contribution in [0, 0.1) is 25.5 Å². The minimum atomic E-state index is -0.328. The quantitative estimate of drug-likeness (QED) is 0.324. The number of para-hydroxylation sites is 1. The first-order valence-electron chi connectivity index (χ1n) is 10.8. The molecule has 5 rings (SSSR count). The summed E-state index contributed by atoms with van der Waals surface area (Å²) in [4.78, 5) is 13.8. The first kappa shape index (κ1) is 21.5. The number of aromatic nitrogens is 4. The largest absolute Gasteiger partial charge is 0.324 e. The molecule has 0 aliphatic rings. The molecule has 2 aromatic heterocycles. The lowest BCUT2D eigenvalue weighted by atomic mass is 10.1. The molecule has 0 atom stereocenters. The monoisotopic (exact) mass is 453 g/mol. The van der Waals surface area contributed by atoms with Crippen LogP contribution in [-0.4, -0.2) is 19.5 Å². The van der Waals surface area contributed by atoms with Crippen LogP contribution in [0.2, 0.25) is 0 Å². The number of nitrogens with one attached hydrogen (secondary N) is 1. The number of rotatable bonds is 5. The van der Waals surface area contributed by atoms with E-state index in [9.17, 15) is 8.78 Å². The molecule has 5 nitrogen and oxygen atoms in total. The fourth-order valence-corrected chi connectivity index (χ4v) is 3.88. The summed E-state index contributed by atoms with van der Waals surface area (Å²) in [5.74, 6) is -0.219. The Morgan fingerprint density at radius 1 is 0.765 bits per heavy atom. The first-order valence-corrected chi connectivity index (χ1v) is 10.8. The maximum atomic E-state index is 13.6. The number of anilines is 2. The van der Waals surface area contributed by atoms with Crippen molar-refractivity contribution in [1.29, 1.82) is 0 Å². The zero-order valence-electron chi connectivity index (χ0n) is 18.6. The Morgan fingerprint density at radius 2 is 1.41 bits per heavy atom. The van der Waals surface area contributed by atoms with Crippen LogP contribution in [0.3, 0.4) is 0 Å². The molecule has 0 unspecified atom stereocenters. The lowest BCUT2D eigenvalue weighted by Gasteiger charge is -2.13. The van der Waals surface area contributed by atoms with Gasteiger partial charge in [-0.15, -0.1) is 0 Å². The molecule has 0 radical (unpaired) electrons. The zero-order chi connectivity index (χ0) is 23.7. The third-order valence-electron chi connectivity index (χ3n) is 5.61. The smallest absolute Gasteiger partial charge is 0.227 e. The van der Waals surface area contributed by atoms with E-state index in [1.165, 1.54) is 24.3 Å². The molecule has 0 saturated carbocycles. The molecule has 0 bridgehead atoms. The summed E-state index contributed by atoms with van der Waals surface area (Å²) in [7, 11) is 0. The number of hydrogen-bond donors (Lipinski definition) is 1. The van der Waals surface area contributed by atoms with Crippen LogP contribution in [0.5, 0.6) is 0 Å². The van der Waals surface area contributed by atoms with Crippen LogP contribution in [0.4, 0.5) is 20.4 Å². The van der Waals surface area contributed by atoms with Gasteiger partial charge in [0.2, 0.25) is 5.95 Å². The Balaban J connectivity index is 1.65. The molecule has 7 heteroatoms. The van der Waals surface area contributed by atoms with Crippen LogP contribution in [-0.2, 0) is 0 Å². The van der Waals surface area contributed by atoms with Gasteiger partial charge in [0.05, 0.1) is 17.1 Å². The molecule has 5 aromatic rings. The predicted molar refractivity (Wildman–Crippen MR) is 129 cm³/mol. The average molecular weight is 453 g/mol. The van der Waals surface area contributed by atoms with Gasteiger partial charge in [0.1, 0.15) is 18.0 Å². The van der Waals surface area contributed by atoms with Gasteiger partial charge in [-0.2, -0.15) is 0 Å². The maximum absolute atomic E-state index is 13.6. The highest BCUT2D eigenvalue weighted by molar-refractivity contribution is 5.79. The number of benzene rings is 3. The molecule has 34 heavy (non-hydrogen) atoms. The second-order valence-corrected chi connectivity index (χ2v) is 7.95. The van der Waals surface area contributed by atoms with Crippen molar-refractivity contribution in [3.8, 4) is 28.3 Å². The molecular weight excluding hydrogens is 432 g/mol. The van der Waals surface area contributed by atoms with E-state index >= 15 is 0 Å². The van der Waals surface area contributed by atoms with Crippen LogP contribution in [0.1, 0.15) is 11.1 Å². The van der Waals surface area contributed by atoms with Crippen molar-refractivity contribution in [2.24, 2.45) is 0 Å². The third kappa shape index (κ3) is 4.15. The molecule has 0 fully saturated rings. The van der Waals surface area contributed by atoms with Crippen LogP contribution < -0.4 is 5.32 Å². The highest BCUT2D eigenvalue weighted by atomic mass is 19.1. The van der Waals surface area contributed by atoms with Crippen LogP contribution >= 0.6 is 0 Å². The predicted octanol–water partition coefficient (Wildman–Crippen LogP) is 6.63. The third-order valence-corrected chi connectivity index (χ3v) is 5.61. The van der Waals surface area contributed by atoms with Crippen LogP contribution in [0.25, 0.3) is 28.3 Å². The van der Waals surface area contributed by atoms with E-state index in [2.05, 4.69) is 15.3 Å². The summed E-state index contributed by atoms with van der Waals surface area (Å²) >= 11 is 0.